The van der Waals surface area contributed by atoms with E-state index in [9.17, 15) is 5.11 Å². The first-order chi connectivity index (χ1) is 6.22. The Kier molecular flexibility index (Phi) is 3.27. The van der Waals surface area contributed by atoms with Gasteiger partial charge in [-0.1, -0.05) is 27.7 Å². The molecule has 1 aliphatic carbocycles. The van der Waals surface area contributed by atoms with Crippen LogP contribution >= 0.6 is 0 Å². The molecule has 3 unspecified atom stereocenters. The maximum atomic E-state index is 9.84. The minimum atomic E-state index is -0.900. The Morgan fingerprint density at radius 3 is 2.43 bits per heavy atom. The second-order valence-corrected chi connectivity index (χ2v) is 6.11. The first-order valence-electron chi connectivity index (χ1n) is 5.74. The van der Waals surface area contributed by atoms with Crippen molar-refractivity contribution < 1.29 is 5.11 Å². The summed E-state index contributed by atoms with van der Waals surface area (Å²) in [5.41, 5.74) is 5.22. The molecule has 0 aromatic carbocycles. The van der Waals surface area contributed by atoms with Crippen LogP contribution in [0.1, 0.15) is 53.4 Å². The number of aliphatic hydroxyl groups is 1. The fourth-order valence-electron chi connectivity index (χ4n) is 2.46. The van der Waals surface area contributed by atoms with E-state index in [4.69, 9.17) is 5.73 Å². The molecule has 0 bridgehead atoms. The highest BCUT2D eigenvalue weighted by Gasteiger charge is 2.36. The van der Waals surface area contributed by atoms with E-state index in [-0.39, 0.29) is 0 Å². The molecule has 0 aliphatic heterocycles. The van der Waals surface area contributed by atoms with Crippen LogP contribution in [0.2, 0.25) is 0 Å². The van der Waals surface area contributed by atoms with Crippen molar-refractivity contribution in [2.45, 2.75) is 59.1 Å². The molecule has 0 heterocycles. The van der Waals surface area contributed by atoms with E-state index in [1.54, 1.807) is 0 Å². The zero-order valence-electron chi connectivity index (χ0n) is 10.0. The molecule has 2 nitrogen and oxygen atoms in total. The minimum Gasteiger partial charge on any atom is -0.376 e. The van der Waals surface area contributed by atoms with Crippen LogP contribution in [0.5, 0.6) is 0 Å². The van der Waals surface area contributed by atoms with E-state index >= 15 is 0 Å². The van der Waals surface area contributed by atoms with Crippen molar-refractivity contribution in [3.05, 3.63) is 0 Å². The summed E-state index contributed by atoms with van der Waals surface area (Å²) in [5.74, 6) is 1.21. The minimum absolute atomic E-state index is 0.318. The van der Waals surface area contributed by atoms with Gasteiger partial charge < -0.3 is 10.8 Å². The average Bonchev–Trinajstić information content (AvgIpc) is 1.99. The topological polar surface area (TPSA) is 46.2 Å². The van der Waals surface area contributed by atoms with Crippen molar-refractivity contribution in [3.8, 4) is 0 Å². The molecule has 0 saturated heterocycles. The van der Waals surface area contributed by atoms with Crippen molar-refractivity contribution in [1.29, 1.82) is 0 Å². The van der Waals surface area contributed by atoms with E-state index < -0.39 is 5.72 Å². The lowest BCUT2D eigenvalue weighted by Crippen LogP contribution is -2.46. The zero-order valence-corrected chi connectivity index (χ0v) is 10.0. The number of rotatable bonds is 1. The molecule has 1 aliphatic rings. The quantitative estimate of drug-likeness (QED) is 0.637. The molecule has 3 atom stereocenters. The van der Waals surface area contributed by atoms with E-state index in [1.165, 1.54) is 6.42 Å². The first kappa shape index (κ1) is 12.0. The second-order valence-electron chi connectivity index (χ2n) is 6.11. The van der Waals surface area contributed by atoms with Crippen LogP contribution in [0.15, 0.2) is 0 Å². The number of hydrogen-bond donors (Lipinski definition) is 2. The Balaban J connectivity index is 2.61. The Labute approximate surface area is 87.9 Å². The lowest BCUT2D eigenvalue weighted by Gasteiger charge is -2.41. The molecule has 3 N–H and O–H groups in total. The van der Waals surface area contributed by atoms with E-state index in [1.807, 2.05) is 0 Å². The highest BCUT2D eigenvalue weighted by molar-refractivity contribution is 4.87. The third-order valence-electron chi connectivity index (χ3n) is 3.87. The van der Waals surface area contributed by atoms with Gasteiger partial charge in [-0.05, 0) is 42.9 Å². The van der Waals surface area contributed by atoms with Gasteiger partial charge in [-0.2, -0.15) is 0 Å². The van der Waals surface area contributed by atoms with Crippen molar-refractivity contribution in [3.63, 3.8) is 0 Å². The molecular formula is C12H25NO. The van der Waals surface area contributed by atoms with Gasteiger partial charge in [0.15, 0.2) is 0 Å². The summed E-state index contributed by atoms with van der Waals surface area (Å²) in [5, 5.41) is 9.84. The van der Waals surface area contributed by atoms with Gasteiger partial charge in [-0.25, -0.2) is 0 Å². The van der Waals surface area contributed by atoms with Crippen LogP contribution in [0.25, 0.3) is 0 Å². The zero-order chi connectivity index (χ0) is 11.0. The van der Waals surface area contributed by atoms with E-state index in [0.29, 0.717) is 17.3 Å². The van der Waals surface area contributed by atoms with Gasteiger partial charge in [0.05, 0.1) is 0 Å². The molecule has 14 heavy (non-hydrogen) atoms. The molecule has 1 rings (SSSR count). The molecule has 0 spiro atoms. The summed E-state index contributed by atoms with van der Waals surface area (Å²) >= 11 is 0. The predicted molar refractivity (Wildman–Crippen MR) is 59.7 cm³/mol. The molecule has 0 aromatic rings. The summed E-state index contributed by atoms with van der Waals surface area (Å²) in [7, 11) is 0. The Morgan fingerprint density at radius 1 is 1.43 bits per heavy atom. The summed E-state index contributed by atoms with van der Waals surface area (Å²) in [6.07, 6.45) is 3.82. The smallest absolute Gasteiger partial charge is 0.113 e. The van der Waals surface area contributed by atoms with Crippen molar-refractivity contribution in [1.82, 2.24) is 0 Å². The number of hydrogen-bond acceptors (Lipinski definition) is 2. The molecule has 0 amide bonds. The van der Waals surface area contributed by atoms with Crippen LogP contribution in [-0.2, 0) is 0 Å². The van der Waals surface area contributed by atoms with E-state index in [0.717, 1.165) is 19.3 Å². The fourth-order valence-corrected chi connectivity index (χ4v) is 2.46. The molecule has 1 saturated carbocycles. The van der Waals surface area contributed by atoms with Gasteiger partial charge in [0, 0.05) is 0 Å². The maximum absolute atomic E-state index is 9.84. The Morgan fingerprint density at radius 2 is 2.00 bits per heavy atom. The highest BCUT2D eigenvalue weighted by atomic mass is 16.3. The van der Waals surface area contributed by atoms with Crippen LogP contribution in [0, 0.1) is 17.3 Å². The molecule has 84 valence electrons. The largest absolute Gasteiger partial charge is 0.376 e. The predicted octanol–water partition coefficient (Wildman–Crippen LogP) is 2.51. The normalized spacial score (nSPS) is 36.9. The average molecular weight is 199 g/mol. The summed E-state index contributed by atoms with van der Waals surface area (Å²) in [4.78, 5) is 0. The van der Waals surface area contributed by atoms with Crippen LogP contribution in [0.3, 0.4) is 0 Å². The highest BCUT2D eigenvalue weighted by Crippen LogP contribution is 2.41. The second kappa shape index (κ2) is 3.82. The molecule has 2 heteroatoms. The van der Waals surface area contributed by atoms with E-state index in [2.05, 4.69) is 27.7 Å². The molecule has 0 aromatic heterocycles. The third kappa shape index (κ3) is 2.96. The van der Waals surface area contributed by atoms with Crippen molar-refractivity contribution >= 4 is 0 Å². The van der Waals surface area contributed by atoms with Crippen LogP contribution in [-0.4, -0.2) is 10.8 Å². The first-order valence-corrected chi connectivity index (χ1v) is 5.74. The van der Waals surface area contributed by atoms with Gasteiger partial charge in [-0.3, -0.25) is 0 Å². The third-order valence-corrected chi connectivity index (χ3v) is 3.87. The standard InChI is InChI=1S/C12H25NO/c1-9(11(2,3)4)10-6-5-7-12(13,14)8-10/h9-10,14H,5-8,13H2,1-4H3. The van der Waals surface area contributed by atoms with Gasteiger partial charge in [0.25, 0.3) is 0 Å². The Hall–Kier alpha value is -0.0800. The Bertz CT molecular complexity index is 190. The van der Waals surface area contributed by atoms with Gasteiger partial charge in [0.2, 0.25) is 0 Å². The monoisotopic (exact) mass is 199 g/mol. The van der Waals surface area contributed by atoms with Crippen LogP contribution < -0.4 is 5.73 Å². The lowest BCUT2D eigenvalue weighted by atomic mass is 9.68. The van der Waals surface area contributed by atoms with Crippen molar-refractivity contribution in [2.75, 3.05) is 0 Å². The van der Waals surface area contributed by atoms with Gasteiger partial charge >= 0.3 is 0 Å². The summed E-state index contributed by atoms with van der Waals surface area (Å²) < 4.78 is 0. The fraction of sp³-hybridized carbons (Fsp3) is 1.00. The molecular weight excluding hydrogens is 174 g/mol. The SMILES string of the molecule is CC(C1CCCC(N)(O)C1)C(C)(C)C. The lowest BCUT2D eigenvalue weighted by molar-refractivity contribution is -0.0322. The maximum Gasteiger partial charge on any atom is 0.113 e. The van der Waals surface area contributed by atoms with Gasteiger partial charge in [-0.15, -0.1) is 0 Å². The summed E-state index contributed by atoms with van der Waals surface area (Å²) in [6, 6.07) is 0. The van der Waals surface area contributed by atoms with Crippen molar-refractivity contribution in [2.24, 2.45) is 23.0 Å². The van der Waals surface area contributed by atoms with Gasteiger partial charge in [0.1, 0.15) is 5.72 Å². The molecule has 0 radical (unpaired) electrons. The summed E-state index contributed by atoms with van der Waals surface area (Å²) in [6.45, 7) is 9.08. The molecule has 1 fully saturated rings. The number of nitrogens with two attached hydrogens (primary N) is 1. The van der Waals surface area contributed by atoms with Crippen LogP contribution in [0.4, 0.5) is 0 Å².